The van der Waals surface area contributed by atoms with Crippen molar-refractivity contribution in [3.63, 3.8) is 0 Å². The second-order valence-corrected chi connectivity index (χ2v) is 6.40. The molecule has 0 atom stereocenters. The molecule has 0 aromatic heterocycles. The fraction of sp³-hybridized carbons (Fsp3) is 0.471. The van der Waals surface area contributed by atoms with Crippen molar-refractivity contribution in [1.29, 1.82) is 5.41 Å². The van der Waals surface area contributed by atoms with Crippen molar-refractivity contribution in [3.8, 4) is 0 Å². The van der Waals surface area contributed by atoms with Gasteiger partial charge in [-0.3, -0.25) is 20.3 Å². The number of piperidine rings is 1. The number of aryl methyl sites for hydroxylation is 1. The zero-order chi connectivity index (χ0) is 19.6. The van der Waals surface area contributed by atoms with Crippen molar-refractivity contribution in [3.05, 3.63) is 34.4 Å². The summed E-state index contributed by atoms with van der Waals surface area (Å²) in [5.74, 6) is -1.92. The molecule has 1 aliphatic rings. The SMILES string of the molecule is CC(=O)N1CCC(c2cc(C)c(C(=O)NC(=N)N)cc2C(F)(F)F)CC1. The minimum atomic E-state index is -4.62. The molecule has 0 saturated carbocycles. The predicted octanol–water partition coefficient (Wildman–Crippen LogP) is 2.36. The van der Waals surface area contributed by atoms with Gasteiger partial charge in [0.1, 0.15) is 0 Å². The van der Waals surface area contributed by atoms with Crippen molar-refractivity contribution in [2.24, 2.45) is 5.73 Å². The number of amides is 2. The molecule has 0 bridgehead atoms. The van der Waals surface area contributed by atoms with Crippen molar-refractivity contribution in [2.45, 2.75) is 38.8 Å². The number of guanidine groups is 1. The van der Waals surface area contributed by atoms with Gasteiger partial charge in [0, 0.05) is 25.6 Å². The molecular formula is C17H21F3N4O2. The maximum atomic E-state index is 13.6. The maximum absolute atomic E-state index is 13.6. The summed E-state index contributed by atoms with van der Waals surface area (Å²) in [6.45, 7) is 3.79. The third kappa shape index (κ3) is 4.33. The first-order chi connectivity index (χ1) is 12.0. The van der Waals surface area contributed by atoms with E-state index in [1.165, 1.54) is 13.0 Å². The smallest absolute Gasteiger partial charge is 0.370 e. The molecule has 9 heteroatoms. The third-order valence-electron chi connectivity index (χ3n) is 4.57. The lowest BCUT2D eigenvalue weighted by atomic mass is 9.84. The van der Waals surface area contributed by atoms with Crippen LogP contribution in [-0.2, 0) is 11.0 Å². The van der Waals surface area contributed by atoms with E-state index in [-0.39, 0.29) is 23.0 Å². The molecule has 0 radical (unpaired) electrons. The summed E-state index contributed by atoms with van der Waals surface area (Å²) in [6, 6.07) is 2.20. The number of likely N-dealkylation sites (tertiary alicyclic amines) is 1. The van der Waals surface area contributed by atoms with E-state index in [9.17, 15) is 22.8 Å². The number of nitrogens with one attached hydrogen (secondary N) is 2. The number of hydrogen-bond acceptors (Lipinski definition) is 3. The van der Waals surface area contributed by atoms with Gasteiger partial charge in [0.05, 0.1) is 5.56 Å². The quantitative estimate of drug-likeness (QED) is 0.550. The summed E-state index contributed by atoms with van der Waals surface area (Å²) >= 11 is 0. The Bertz CT molecular complexity index is 738. The van der Waals surface area contributed by atoms with Crippen LogP contribution in [0.1, 0.15) is 52.7 Å². The van der Waals surface area contributed by atoms with Crippen molar-refractivity contribution in [2.75, 3.05) is 13.1 Å². The molecule has 1 aromatic carbocycles. The zero-order valence-corrected chi connectivity index (χ0v) is 14.5. The number of carbonyl (C=O) groups is 2. The van der Waals surface area contributed by atoms with Gasteiger partial charge in [-0.15, -0.1) is 0 Å². The molecule has 6 nitrogen and oxygen atoms in total. The third-order valence-corrected chi connectivity index (χ3v) is 4.57. The van der Waals surface area contributed by atoms with Gasteiger partial charge in [0.15, 0.2) is 5.96 Å². The van der Waals surface area contributed by atoms with Crippen LogP contribution in [0.4, 0.5) is 13.2 Å². The molecule has 1 saturated heterocycles. The van der Waals surface area contributed by atoms with Crippen LogP contribution >= 0.6 is 0 Å². The van der Waals surface area contributed by atoms with E-state index in [0.29, 0.717) is 31.5 Å². The molecule has 142 valence electrons. The normalized spacial score (nSPS) is 15.7. The monoisotopic (exact) mass is 370 g/mol. The summed E-state index contributed by atoms with van der Waals surface area (Å²) in [5.41, 5.74) is 4.57. The van der Waals surface area contributed by atoms with Gasteiger partial charge < -0.3 is 10.6 Å². The lowest BCUT2D eigenvalue weighted by Crippen LogP contribution is -2.37. The van der Waals surface area contributed by atoms with Gasteiger partial charge in [-0.1, -0.05) is 6.07 Å². The van der Waals surface area contributed by atoms with Crippen LogP contribution < -0.4 is 11.1 Å². The lowest BCUT2D eigenvalue weighted by molar-refractivity contribution is -0.139. The molecule has 0 unspecified atom stereocenters. The average molecular weight is 370 g/mol. The minimum Gasteiger partial charge on any atom is -0.370 e. The Morgan fingerprint density at radius 3 is 2.31 bits per heavy atom. The first-order valence-electron chi connectivity index (χ1n) is 8.13. The molecule has 4 N–H and O–H groups in total. The Morgan fingerprint density at radius 1 is 1.27 bits per heavy atom. The van der Waals surface area contributed by atoms with Gasteiger partial charge in [-0.25, -0.2) is 0 Å². The second kappa shape index (κ2) is 7.35. The number of rotatable bonds is 2. The molecule has 2 rings (SSSR count). The van der Waals surface area contributed by atoms with E-state index in [0.717, 1.165) is 6.07 Å². The van der Waals surface area contributed by atoms with Crippen LogP contribution in [0.2, 0.25) is 0 Å². The fourth-order valence-corrected chi connectivity index (χ4v) is 3.25. The van der Waals surface area contributed by atoms with Crippen LogP contribution in [0.3, 0.4) is 0 Å². The zero-order valence-electron chi connectivity index (χ0n) is 14.5. The highest BCUT2D eigenvalue weighted by atomic mass is 19.4. The number of alkyl halides is 3. The first kappa shape index (κ1) is 19.7. The van der Waals surface area contributed by atoms with Gasteiger partial charge in [0.25, 0.3) is 5.91 Å². The second-order valence-electron chi connectivity index (χ2n) is 6.40. The lowest BCUT2D eigenvalue weighted by Gasteiger charge is -2.33. The molecule has 0 spiro atoms. The van der Waals surface area contributed by atoms with Crippen molar-refractivity contribution < 1.29 is 22.8 Å². The number of nitrogens with two attached hydrogens (primary N) is 1. The van der Waals surface area contributed by atoms with Crippen LogP contribution in [0.5, 0.6) is 0 Å². The highest BCUT2D eigenvalue weighted by Gasteiger charge is 2.37. The van der Waals surface area contributed by atoms with E-state index < -0.39 is 23.6 Å². The Kier molecular flexibility index (Phi) is 5.58. The predicted molar refractivity (Wildman–Crippen MR) is 89.8 cm³/mol. The topological polar surface area (TPSA) is 99.3 Å². The summed E-state index contributed by atoms with van der Waals surface area (Å²) in [4.78, 5) is 25.0. The number of carbonyl (C=O) groups excluding carboxylic acids is 2. The summed E-state index contributed by atoms with van der Waals surface area (Å²) in [6.07, 6.45) is -3.76. The molecule has 2 amide bonds. The van der Waals surface area contributed by atoms with Gasteiger partial charge >= 0.3 is 6.18 Å². The molecule has 1 heterocycles. The molecular weight excluding hydrogens is 349 g/mol. The van der Waals surface area contributed by atoms with E-state index in [1.54, 1.807) is 11.8 Å². The molecule has 1 aromatic rings. The fourth-order valence-electron chi connectivity index (χ4n) is 3.25. The van der Waals surface area contributed by atoms with Crippen LogP contribution in [0.25, 0.3) is 0 Å². The number of benzene rings is 1. The highest BCUT2D eigenvalue weighted by molar-refractivity contribution is 6.05. The summed E-state index contributed by atoms with van der Waals surface area (Å²) < 4.78 is 40.7. The van der Waals surface area contributed by atoms with E-state index >= 15 is 0 Å². The van der Waals surface area contributed by atoms with E-state index in [1.807, 2.05) is 5.32 Å². The van der Waals surface area contributed by atoms with Crippen LogP contribution in [0.15, 0.2) is 12.1 Å². The number of hydrogen-bond donors (Lipinski definition) is 3. The van der Waals surface area contributed by atoms with Gasteiger partial charge in [-0.2, -0.15) is 13.2 Å². The minimum absolute atomic E-state index is 0.0908. The van der Waals surface area contributed by atoms with Crippen LogP contribution in [-0.4, -0.2) is 35.8 Å². The standard InChI is InChI=1S/C17H21F3N4O2/c1-9-7-13(11-3-5-24(6-4-11)10(2)25)14(17(18,19)20)8-12(9)15(26)23-16(21)22/h7-8,11H,3-6H2,1-2H3,(H4,21,22,23,26). The Balaban J connectivity index is 2.40. The number of halogens is 3. The summed E-state index contributed by atoms with van der Waals surface area (Å²) in [5, 5.41) is 9.08. The first-order valence-corrected chi connectivity index (χ1v) is 8.13. The largest absolute Gasteiger partial charge is 0.416 e. The molecule has 0 aliphatic carbocycles. The number of nitrogens with zero attached hydrogens (tertiary/aromatic N) is 1. The van der Waals surface area contributed by atoms with Crippen molar-refractivity contribution >= 4 is 17.8 Å². The molecule has 1 fully saturated rings. The maximum Gasteiger partial charge on any atom is 0.416 e. The van der Waals surface area contributed by atoms with Crippen LogP contribution in [0, 0.1) is 12.3 Å². The summed E-state index contributed by atoms with van der Waals surface area (Å²) in [7, 11) is 0. The van der Waals surface area contributed by atoms with E-state index in [4.69, 9.17) is 11.1 Å². The molecule has 26 heavy (non-hydrogen) atoms. The van der Waals surface area contributed by atoms with Gasteiger partial charge in [0.2, 0.25) is 5.91 Å². The highest BCUT2D eigenvalue weighted by Crippen LogP contribution is 2.40. The Labute approximate surface area is 149 Å². The molecule has 1 aliphatic heterocycles. The van der Waals surface area contributed by atoms with E-state index in [2.05, 4.69) is 0 Å². The van der Waals surface area contributed by atoms with Crippen molar-refractivity contribution in [1.82, 2.24) is 10.2 Å². The Morgan fingerprint density at radius 2 is 1.85 bits per heavy atom. The average Bonchev–Trinajstić information content (AvgIpc) is 2.52. The Hall–Kier alpha value is -2.58. The van der Waals surface area contributed by atoms with Gasteiger partial charge in [-0.05, 0) is 42.9 Å².